The second-order valence-electron chi connectivity index (χ2n) is 5.35. The van der Waals surface area contributed by atoms with Crippen LogP contribution in [0, 0.1) is 10.1 Å². The lowest BCUT2D eigenvalue weighted by Gasteiger charge is -2.36. The summed E-state index contributed by atoms with van der Waals surface area (Å²) in [6.07, 6.45) is 1.17. The minimum Gasteiger partial charge on any atom is -0.385 e. The van der Waals surface area contributed by atoms with E-state index in [4.69, 9.17) is 0 Å². The molecule has 1 N–H and O–H groups in total. The molecule has 1 fully saturated rings. The molecule has 0 atom stereocenters. The summed E-state index contributed by atoms with van der Waals surface area (Å²) in [5.41, 5.74) is 1.91. The molecule has 6 heteroatoms. The summed E-state index contributed by atoms with van der Waals surface area (Å²) in [7, 11) is 0. The lowest BCUT2D eigenvalue weighted by molar-refractivity contribution is -0.384. The normalized spacial score (nSPS) is 16.0. The number of rotatable bonds is 6. The van der Waals surface area contributed by atoms with Gasteiger partial charge in [-0.05, 0) is 26.0 Å². The van der Waals surface area contributed by atoms with E-state index in [1.165, 1.54) is 6.42 Å². The second kappa shape index (κ2) is 7.26. The van der Waals surface area contributed by atoms with Gasteiger partial charge in [0.15, 0.2) is 0 Å². The summed E-state index contributed by atoms with van der Waals surface area (Å²) in [4.78, 5) is 15.4. The van der Waals surface area contributed by atoms with E-state index < -0.39 is 0 Å². The van der Waals surface area contributed by atoms with Crippen LogP contribution in [0.2, 0.25) is 0 Å². The molecule has 116 valence electrons. The van der Waals surface area contributed by atoms with Crippen LogP contribution >= 0.6 is 0 Å². The summed E-state index contributed by atoms with van der Waals surface area (Å²) in [5.74, 6) is 0. The van der Waals surface area contributed by atoms with Gasteiger partial charge in [0, 0.05) is 56.2 Å². The maximum atomic E-state index is 11.1. The summed E-state index contributed by atoms with van der Waals surface area (Å²) < 4.78 is 0. The fourth-order valence-electron chi connectivity index (χ4n) is 2.74. The fraction of sp³-hybridized carbons (Fsp3) is 0.600. The lowest BCUT2D eigenvalue weighted by atomic mass is 10.2. The van der Waals surface area contributed by atoms with Crippen LogP contribution in [0.1, 0.15) is 20.3 Å². The maximum Gasteiger partial charge on any atom is 0.273 e. The number of anilines is 2. The van der Waals surface area contributed by atoms with E-state index >= 15 is 0 Å². The van der Waals surface area contributed by atoms with Crippen LogP contribution in [0.15, 0.2) is 18.2 Å². The van der Waals surface area contributed by atoms with Crippen molar-refractivity contribution in [1.29, 1.82) is 0 Å². The van der Waals surface area contributed by atoms with E-state index in [0.717, 1.165) is 50.6 Å². The molecule has 21 heavy (non-hydrogen) atoms. The maximum absolute atomic E-state index is 11.1. The van der Waals surface area contributed by atoms with Crippen LogP contribution in [0.3, 0.4) is 0 Å². The first-order valence-corrected chi connectivity index (χ1v) is 7.64. The Morgan fingerprint density at radius 2 is 1.90 bits per heavy atom. The molecule has 2 rings (SSSR count). The Kier molecular flexibility index (Phi) is 5.38. The van der Waals surface area contributed by atoms with Gasteiger partial charge in [-0.2, -0.15) is 0 Å². The third-order valence-electron chi connectivity index (χ3n) is 3.77. The van der Waals surface area contributed by atoms with E-state index in [9.17, 15) is 10.1 Å². The van der Waals surface area contributed by atoms with Gasteiger partial charge in [0.05, 0.1) is 4.92 Å². The van der Waals surface area contributed by atoms with Gasteiger partial charge >= 0.3 is 0 Å². The summed E-state index contributed by atoms with van der Waals surface area (Å²) in [6, 6.07) is 5.28. The zero-order valence-electron chi connectivity index (χ0n) is 12.8. The highest BCUT2D eigenvalue weighted by Crippen LogP contribution is 2.27. The van der Waals surface area contributed by atoms with Crippen molar-refractivity contribution in [3.05, 3.63) is 28.3 Å². The number of nitro benzene ring substituents is 1. The van der Waals surface area contributed by atoms with Gasteiger partial charge in [0.1, 0.15) is 0 Å². The van der Waals surface area contributed by atoms with E-state index in [1.54, 1.807) is 12.1 Å². The molecular formula is C15H24N4O2. The third-order valence-corrected chi connectivity index (χ3v) is 3.77. The monoisotopic (exact) mass is 292 g/mol. The van der Waals surface area contributed by atoms with E-state index in [1.807, 2.05) is 13.0 Å². The highest BCUT2D eigenvalue weighted by atomic mass is 16.6. The van der Waals surface area contributed by atoms with Crippen LogP contribution in [-0.4, -0.2) is 49.1 Å². The standard InChI is InChI=1S/C15H24N4O2/c1-3-5-17-6-8-18(9-7-17)14-10-13(16-4-2)11-15(12-14)19(20)21/h10-12,16H,3-9H2,1-2H3. The Labute approximate surface area is 125 Å². The summed E-state index contributed by atoms with van der Waals surface area (Å²) >= 11 is 0. The first-order valence-electron chi connectivity index (χ1n) is 7.64. The lowest BCUT2D eigenvalue weighted by Crippen LogP contribution is -2.46. The van der Waals surface area contributed by atoms with Crippen LogP contribution in [0.25, 0.3) is 0 Å². The average Bonchev–Trinajstić information content (AvgIpc) is 2.48. The van der Waals surface area contributed by atoms with Crippen molar-refractivity contribution in [2.24, 2.45) is 0 Å². The number of hydrogen-bond acceptors (Lipinski definition) is 5. The molecular weight excluding hydrogens is 268 g/mol. The number of benzene rings is 1. The molecule has 0 amide bonds. The molecule has 6 nitrogen and oxygen atoms in total. The Morgan fingerprint density at radius 3 is 2.48 bits per heavy atom. The Balaban J connectivity index is 2.13. The van der Waals surface area contributed by atoms with Gasteiger partial charge in [-0.15, -0.1) is 0 Å². The number of nitrogens with zero attached hydrogens (tertiary/aromatic N) is 3. The summed E-state index contributed by atoms with van der Waals surface area (Å²) in [6.45, 7) is 9.95. The average molecular weight is 292 g/mol. The molecule has 0 aliphatic carbocycles. The zero-order chi connectivity index (χ0) is 15.2. The topological polar surface area (TPSA) is 61.6 Å². The summed E-state index contributed by atoms with van der Waals surface area (Å²) in [5, 5.41) is 14.3. The van der Waals surface area contributed by atoms with Crippen LogP contribution in [0.4, 0.5) is 17.1 Å². The quantitative estimate of drug-likeness (QED) is 0.645. The van der Waals surface area contributed by atoms with E-state index in [2.05, 4.69) is 22.0 Å². The molecule has 0 bridgehead atoms. The number of hydrogen-bond donors (Lipinski definition) is 1. The van der Waals surface area contributed by atoms with Crippen molar-refractivity contribution in [3.63, 3.8) is 0 Å². The van der Waals surface area contributed by atoms with Crippen molar-refractivity contribution < 1.29 is 4.92 Å². The van der Waals surface area contributed by atoms with Gasteiger partial charge < -0.3 is 10.2 Å². The molecule has 0 aromatic heterocycles. The largest absolute Gasteiger partial charge is 0.385 e. The van der Waals surface area contributed by atoms with Crippen molar-refractivity contribution >= 4 is 17.1 Å². The molecule has 1 aliphatic rings. The SMILES string of the molecule is CCCN1CCN(c2cc(NCC)cc([N+](=O)[O-])c2)CC1. The molecule has 0 spiro atoms. The van der Waals surface area contributed by atoms with Crippen molar-refractivity contribution in [2.75, 3.05) is 49.5 Å². The fourth-order valence-corrected chi connectivity index (χ4v) is 2.74. The van der Waals surface area contributed by atoms with Crippen molar-refractivity contribution in [2.45, 2.75) is 20.3 Å². The van der Waals surface area contributed by atoms with Crippen LogP contribution in [-0.2, 0) is 0 Å². The molecule has 1 aliphatic heterocycles. The molecule has 1 aromatic rings. The van der Waals surface area contributed by atoms with Crippen LogP contribution in [0.5, 0.6) is 0 Å². The van der Waals surface area contributed by atoms with Gasteiger partial charge in [-0.25, -0.2) is 0 Å². The third kappa shape index (κ3) is 4.07. The zero-order valence-corrected chi connectivity index (χ0v) is 12.8. The number of non-ortho nitro benzene ring substituents is 1. The van der Waals surface area contributed by atoms with E-state index in [0.29, 0.717) is 0 Å². The predicted octanol–water partition coefficient (Wildman–Crippen LogP) is 2.56. The molecule has 1 saturated heterocycles. The minimum absolute atomic E-state index is 0.152. The second-order valence-corrected chi connectivity index (χ2v) is 5.35. The van der Waals surface area contributed by atoms with Gasteiger partial charge in [0.25, 0.3) is 5.69 Å². The molecule has 0 radical (unpaired) electrons. The smallest absolute Gasteiger partial charge is 0.273 e. The molecule has 1 heterocycles. The Hall–Kier alpha value is -1.82. The predicted molar refractivity (Wildman–Crippen MR) is 86.2 cm³/mol. The van der Waals surface area contributed by atoms with Crippen molar-refractivity contribution in [3.8, 4) is 0 Å². The number of nitrogens with one attached hydrogen (secondary N) is 1. The highest BCUT2D eigenvalue weighted by Gasteiger charge is 2.19. The first kappa shape index (κ1) is 15.6. The number of piperazine rings is 1. The van der Waals surface area contributed by atoms with Gasteiger partial charge in [-0.1, -0.05) is 6.92 Å². The number of nitro groups is 1. The minimum atomic E-state index is -0.322. The van der Waals surface area contributed by atoms with Gasteiger partial charge in [0.2, 0.25) is 0 Å². The van der Waals surface area contributed by atoms with Crippen molar-refractivity contribution in [1.82, 2.24) is 4.90 Å². The molecule has 1 aromatic carbocycles. The van der Waals surface area contributed by atoms with Crippen LogP contribution < -0.4 is 10.2 Å². The van der Waals surface area contributed by atoms with E-state index in [-0.39, 0.29) is 10.6 Å². The molecule has 0 saturated carbocycles. The van der Waals surface area contributed by atoms with Gasteiger partial charge in [-0.3, -0.25) is 15.0 Å². The Bertz CT molecular complexity index is 485. The first-order chi connectivity index (χ1) is 10.1. The Morgan fingerprint density at radius 1 is 1.19 bits per heavy atom. The highest BCUT2D eigenvalue weighted by molar-refractivity contribution is 5.64. The molecule has 0 unspecified atom stereocenters.